The van der Waals surface area contributed by atoms with Crippen molar-refractivity contribution in [1.82, 2.24) is 16.0 Å². The molecule has 0 aliphatic rings. The third kappa shape index (κ3) is 12.2. The summed E-state index contributed by atoms with van der Waals surface area (Å²) in [6.07, 6.45) is -0.561. The summed E-state index contributed by atoms with van der Waals surface area (Å²) >= 11 is 0. The predicted molar refractivity (Wildman–Crippen MR) is 147 cm³/mol. The Bertz CT molecular complexity index is 1200. The Labute approximate surface area is 232 Å². The predicted octanol–water partition coefficient (Wildman–Crippen LogP) is 0.958. The molecule has 12 heteroatoms. The van der Waals surface area contributed by atoms with E-state index in [0.29, 0.717) is 0 Å². The highest BCUT2D eigenvalue weighted by Gasteiger charge is 2.27. The summed E-state index contributed by atoms with van der Waals surface area (Å²) in [5.74, 6) is -2.46. The van der Waals surface area contributed by atoms with Crippen molar-refractivity contribution in [2.45, 2.75) is 31.5 Å². The van der Waals surface area contributed by atoms with Crippen molar-refractivity contribution in [3.8, 4) is 0 Å². The summed E-state index contributed by atoms with van der Waals surface area (Å²) in [6.45, 7) is -0.371. The van der Waals surface area contributed by atoms with Crippen LogP contribution in [-0.4, -0.2) is 65.3 Å². The maximum atomic E-state index is 13.1. The highest BCUT2D eigenvalue weighted by molar-refractivity contribution is 6.13. The van der Waals surface area contributed by atoms with E-state index in [0.717, 1.165) is 16.7 Å². The van der Waals surface area contributed by atoms with Crippen molar-refractivity contribution >= 4 is 31.6 Å². The average molecular weight is 548 g/mol. The van der Waals surface area contributed by atoms with Crippen molar-refractivity contribution in [2.24, 2.45) is 0 Å². The number of alkyl carbamates (subject to hydrolysis) is 1. The summed E-state index contributed by atoms with van der Waals surface area (Å²) in [5.41, 5.74) is 2.32. The highest BCUT2D eigenvalue weighted by Crippen LogP contribution is 2.07. The summed E-state index contributed by atoms with van der Waals surface area (Å²) in [4.78, 5) is 49.4. The molecule has 0 unspecified atom stereocenters. The van der Waals surface area contributed by atoms with Gasteiger partial charge in [0.15, 0.2) is 0 Å². The Morgan fingerprint density at radius 2 is 1.15 bits per heavy atom. The number of amides is 3. The van der Waals surface area contributed by atoms with Gasteiger partial charge in [0.05, 0.1) is 0 Å². The van der Waals surface area contributed by atoms with E-state index >= 15 is 0 Å². The summed E-state index contributed by atoms with van der Waals surface area (Å²) in [6, 6.07) is 24.8. The van der Waals surface area contributed by atoms with E-state index in [1.807, 2.05) is 30.3 Å². The van der Waals surface area contributed by atoms with Crippen LogP contribution in [0.25, 0.3) is 0 Å². The van der Waals surface area contributed by atoms with Gasteiger partial charge < -0.3 is 35.8 Å². The van der Waals surface area contributed by atoms with Gasteiger partial charge in [-0.3, -0.25) is 9.59 Å². The van der Waals surface area contributed by atoms with Crippen LogP contribution in [0.2, 0.25) is 0 Å². The minimum atomic E-state index is -1.19. The topological polar surface area (TPSA) is 174 Å². The van der Waals surface area contributed by atoms with Gasteiger partial charge in [0.2, 0.25) is 11.8 Å². The number of carbonyl (C=O) groups excluding carboxylic acids is 3. The Morgan fingerprint density at radius 3 is 1.62 bits per heavy atom. The smallest absolute Gasteiger partial charge is 0.480 e. The fourth-order valence-corrected chi connectivity index (χ4v) is 3.55. The molecule has 0 fully saturated rings. The monoisotopic (exact) mass is 548 g/mol. The van der Waals surface area contributed by atoms with Crippen LogP contribution >= 0.6 is 0 Å². The second-order valence-electron chi connectivity index (χ2n) is 8.43. The van der Waals surface area contributed by atoms with Crippen LogP contribution in [0, 0.1) is 0 Å². The fourth-order valence-electron chi connectivity index (χ4n) is 3.55. The van der Waals surface area contributed by atoms with Gasteiger partial charge in [0.25, 0.3) is 0 Å². The molecule has 3 aromatic rings. The lowest BCUT2D eigenvalue weighted by Crippen LogP contribution is -2.54. The maximum Gasteiger partial charge on any atom is 0.482 e. The molecule has 6 N–H and O–H groups in total. The van der Waals surface area contributed by atoms with E-state index in [2.05, 4.69) is 16.0 Å². The molecule has 0 saturated heterocycles. The first-order valence-electron chi connectivity index (χ1n) is 12.3. The maximum absolute atomic E-state index is 13.1. The summed E-state index contributed by atoms with van der Waals surface area (Å²) < 4.78 is 5.09. The fraction of sp³-hybridized carbons (Fsp3) is 0.214. The van der Waals surface area contributed by atoms with Gasteiger partial charge in [0, 0.05) is 12.8 Å². The molecular weight excluding hydrogens is 517 g/mol. The Kier molecular flexibility index (Phi) is 14.0. The summed E-state index contributed by atoms with van der Waals surface area (Å²) in [7, 11) is 0. The lowest BCUT2D eigenvalue weighted by atomic mass is 10.0. The van der Waals surface area contributed by atoms with Crippen molar-refractivity contribution < 1.29 is 39.1 Å². The largest absolute Gasteiger partial charge is 0.482 e. The first-order valence-corrected chi connectivity index (χ1v) is 12.3. The van der Waals surface area contributed by atoms with Gasteiger partial charge in [-0.1, -0.05) is 91.0 Å². The second kappa shape index (κ2) is 17.8. The second-order valence-corrected chi connectivity index (χ2v) is 8.43. The number of carboxylic acid groups (broad SMARTS) is 1. The van der Waals surface area contributed by atoms with Crippen LogP contribution in [0.15, 0.2) is 91.0 Å². The molecule has 0 saturated carbocycles. The zero-order valence-electron chi connectivity index (χ0n) is 21.6. The average Bonchev–Trinajstić information content (AvgIpc) is 2.96. The summed E-state index contributed by atoms with van der Waals surface area (Å²) in [5, 5.41) is 31.1. The SMILES string of the molecule is O=C(CNC(=O)OCc1ccccc1)N[C@@H](Cc1ccccc1)C(=O)N[C@@H](Cc1ccccc1)C(=O)O.O[B]O. The van der Waals surface area contributed by atoms with E-state index in [4.69, 9.17) is 14.8 Å². The van der Waals surface area contributed by atoms with E-state index in [1.165, 1.54) is 0 Å². The number of hydrogen-bond acceptors (Lipinski definition) is 7. The van der Waals surface area contributed by atoms with Crippen LogP contribution in [0.5, 0.6) is 0 Å². The lowest BCUT2D eigenvalue weighted by Gasteiger charge is -2.22. The van der Waals surface area contributed by atoms with E-state index < -0.39 is 42.5 Å². The number of carbonyl (C=O) groups is 4. The van der Waals surface area contributed by atoms with Crippen LogP contribution < -0.4 is 16.0 Å². The molecule has 0 spiro atoms. The van der Waals surface area contributed by atoms with Crippen LogP contribution in [-0.2, 0) is 38.6 Å². The molecule has 0 aliphatic carbocycles. The molecule has 0 aromatic heterocycles. The number of aliphatic carboxylic acids is 1. The quantitative estimate of drug-likeness (QED) is 0.182. The van der Waals surface area contributed by atoms with Crippen molar-refractivity contribution in [1.29, 1.82) is 0 Å². The molecule has 3 amide bonds. The zero-order valence-corrected chi connectivity index (χ0v) is 21.6. The van der Waals surface area contributed by atoms with Crippen LogP contribution in [0.3, 0.4) is 0 Å². The molecule has 3 rings (SSSR count). The normalized spacial score (nSPS) is 11.4. The number of ether oxygens (including phenoxy) is 1. The number of carboxylic acids is 1. The third-order valence-electron chi connectivity index (χ3n) is 5.44. The molecule has 0 aliphatic heterocycles. The van der Waals surface area contributed by atoms with Crippen molar-refractivity contribution in [3.05, 3.63) is 108 Å². The molecule has 1 radical (unpaired) electrons. The molecule has 209 valence electrons. The van der Waals surface area contributed by atoms with Gasteiger partial charge >= 0.3 is 19.7 Å². The zero-order chi connectivity index (χ0) is 29.2. The minimum absolute atomic E-state index is 0. The Hall–Kier alpha value is -4.68. The van der Waals surface area contributed by atoms with Crippen molar-refractivity contribution in [3.63, 3.8) is 0 Å². The number of rotatable bonds is 12. The van der Waals surface area contributed by atoms with Crippen LogP contribution in [0.1, 0.15) is 16.7 Å². The number of benzene rings is 3. The van der Waals surface area contributed by atoms with Crippen molar-refractivity contribution in [2.75, 3.05) is 6.54 Å². The highest BCUT2D eigenvalue weighted by atomic mass is 16.5. The van der Waals surface area contributed by atoms with E-state index in [9.17, 15) is 24.3 Å². The van der Waals surface area contributed by atoms with Gasteiger partial charge in [-0.2, -0.15) is 0 Å². The lowest BCUT2D eigenvalue weighted by molar-refractivity contribution is -0.142. The number of nitrogens with one attached hydrogen (secondary N) is 3. The first-order chi connectivity index (χ1) is 19.3. The first kappa shape index (κ1) is 31.5. The number of hydrogen-bond donors (Lipinski definition) is 6. The molecule has 40 heavy (non-hydrogen) atoms. The third-order valence-corrected chi connectivity index (χ3v) is 5.44. The molecule has 0 heterocycles. The van der Waals surface area contributed by atoms with Gasteiger partial charge in [-0.25, -0.2) is 9.59 Å². The van der Waals surface area contributed by atoms with E-state index in [1.54, 1.807) is 60.7 Å². The standard InChI is InChI=1S/C28H29N3O6.BH2O2/c32-25(18-29-28(36)37-19-22-14-8-3-9-15-22)30-23(16-20-10-4-1-5-11-20)26(33)31-24(27(34)35)17-21-12-6-2-7-13-21;2-1-3/h1-15,23-24H,16-19H2,(H,29,36)(H,30,32)(H,31,33)(H,34,35);2-3H/t23-,24-;/m0./s1. The van der Waals surface area contributed by atoms with Gasteiger partial charge in [-0.15, -0.1) is 0 Å². The minimum Gasteiger partial charge on any atom is -0.480 e. The Morgan fingerprint density at radius 1 is 0.700 bits per heavy atom. The molecular formula is C28H31BN3O8. The molecule has 2 atom stereocenters. The van der Waals surface area contributed by atoms with Crippen LogP contribution in [0.4, 0.5) is 4.79 Å². The molecule has 3 aromatic carbocycles. The van der Waals surface area contributed by atoms with Gasteiger partial charge in [-0.05, 0) is 16.7 Å². The Balaban J connectivity index is 0.00000178. The molecule has 11 nitrogen and oxygen atoms in total. The molecule has 0 bridgehead atoms. The van der Waals surface area contributed by atoms with Gasteiger partial charge in [0.1, 0.15) is 25.2 Å². The van der Waals surface area contributed by atoms with E-state index in [-0.39, 0.29) is 27.1 Å².